The SMILES string of the molecule is CCC1NC(CC)N(C2CCC2)C1=O. The summed E-state index contributed by atoms with van der Waals surface area (Å²) in [5.41, 5.74) is 0. The first kappa shape index (κ1) is 9.97. The molecule has 2 atom stereocenters. The van der Waals surface area contributed by atoms with Crippen molar-refractivity contribution in [1.29, 1.82) is 0 Å². The Morgan fingerprint density at radius 1 is 1.36 bits per heavy atom. The fourth-order valence-electron chi connectivity index (χ4n) is 2.42. The largest absolute Gasteiger partial charge is 0.323 e. The Morgan fingerprint density at radius 3 is 2.50 bits per heavy atom. The zero-order valence-corrected chi connectivity index (χ0v) is 9.12. The summed E-state index contributed by atoms with van der Waals surface area (Å²) < 4.78 is 0. The van der Waals surface area contributed by atoms with Crippen LogP contribution in [0.2, 0.25) is 0 Å². The predicted molar refractivity (Wildman–Crippen MR) is 55.8 cm³/mol. The summed E-state index contributed by atoms with van der Waals surface area (Å²) >= 11 is 0. The second kappa shape index (κ2) is 3.89. The molecule has 1 N–H and O–H groups in total. The van der Waals surface area contributed by atoms with Gasteiger partial charge in [-0.15, -0.1) is 0 Å². The van der Waals surface area contributed by atoms with Gasteiger partial charge < -0.3 is 4.90 Å². The molecule has 1 aliphatic carbocycles. The number of amides is 1. The number of carbonyl (C=O) groups is 1. The molecule has 80 valence electrons. The smallest absolute Gasteiger partial charge is 0.241 e. The number of nitrogens with zero attached hydrogens (tertiary/aromatic N) is 1. The van der Waals surface area contributed by atoms with Crippen molar-refractivity contribution in [3.8, 4) is 0 Å². The third kappa shape index (κ3) is 1.44. The predicted octanol–water partition coefficient (Wildman–Crippen LogP) is 1.49. The van der Waals surface area contributed by atoms with Gasteiger partial charge in [0.1, 0.15) is 0 Å². The summed E-state index contributed by atoms with van der Waals surface area (Å²) in [6.45, 7) is 4.22. The number of rotatable bonds is 3. The minimum atomic E-state index is 0.0838. The average molecular weight is 196 g/mol. The van der Waals surface area contributed by atoms with Crippen LogP contribution in [0.5, 0.6) is 0 Å². The van der Waals surface area contributed by atoms with Gasteiger partial charge in [0.2, 0.25) is 5.91 Å². The second-order valence-corrected chi connectivity index (χ2v) is 4.38. The van der Waals surface area contributed by atoms with E-state index < -0.39 is 0 Å². The summed E-state index contributed by atoms with van der Waals surface area (Å²) in [6, 6.07) is 0.622. The van der Waals surface area contributed by atoms with Crippen LogP contribution in [0.1, 0.15) is 46.0 Å². The molecule has 0 aromatic rings. The molecule has 1 amide bonds. The van der Waals surface area contributed by atoms with Crippen LogP contribution in [0.25, 0.3) is 0 Å². The van der Waals surface area contributed by atoms with Crippen LogP contribution in [0.4, 0.5) is 0 Å². The molecule has 1 heterocycles. The quantitative estimate of drug-likeness (QED) is 0.741. The van der Waals surface area contributed by atoms with Crippen molar-refractivity contribution in [2.45, 2.75) is 64.2 Å². The van der Waals surface area contributed by atoms with Gasteiger partial charge in [0.05, 0.1) is 12.2 Å². The summed E-state index contributed by atoms with van der Waals surface area (Å²) in [4.78, 5) is 14.1. The van der Waals surface area contributed by atoms with Crippen LogP contribution >= 0.6 is 0 Å². The molecule has 0 aromatic heterocycles. The highest BCUT2D eigenvalue weighted by molar-refractivity contribution is 5.84. The molecular formula is C11H20N2O. The maximum absolute atomic E-state index is 12.0. The number of hydrogen-bond acceptors (Lipinski definition) is 2. The molecule has 0 spiro atoms. The Balaban J connectivity index is 2.07. The first-order chi connectivity index (χ1) is 6.77. The Morgan fingerprint density at radius 2 is 2.07 bits per heavy atom. The molecule has 2 rings (SSSR count). The van der Waals surface area contributed by atoms with Crippen LogP contribution in [0.15, 0.2) is 0 Å². The van der Waals surface area contributed by atoms with Gasteiger partial charge in [-0.05, 0) is 32.1 Å². The lowest BCUT2D eigenvalue weighted by Gasteiger charge is -2.38. The summed E-state index contributed by atoms with van der Waals surface area (Å²) in [5.74, 6) is 0.337. The molecule has 0 radical (unpaired) electrons. The molecule has 3 nitrogen and oxygen atoms in total. The Labute approximate surface area is 85.8 Å². The molecule has 2 fully saturated rings. The van der Waals surface area contributed by atoms with E-state index in [1.165, 1.54) is 19.3 Å². The van der Waals surface area contributed by atoms with Crippen LogP contribution in [0.3, 0.4) is 0 Å². The third-order valence-corrected chi connectivity index (χ3v) is 3.54. The van der Waals surface area contributed by atoms with Gasteiger partial charge in [-0.1, -0.05) is 13.8 Å². The number of carbonyl (C=O) groups excluding carboxylic acids is 1. The van der Waals surface area contributed by atoms with Crippen molar-refractivity contribution in [3.05, 3.63) is 0 Å². The number of nitrogens with one attached hydrogen (secondary N) is 1. The van der Waals surface area contributed by atoms with Crippen molar-refractivity contribution in [2.24, 2.45) is 0 Å². The van der Waals surface area contributed by atoms with Crippen molar-refractivity contribution in [2.75, 3.05) is 0 Å². The lowest BCUT2D eigenvalue weighted by Crippen LogP contribution is -2.47. The highest BCUT2D eigenvalue weighted by atomic mass is 16.2. The molecule has 2 unspecified atom stereocenters. The average Bonchev–Trinajstić information content (AvgIpc) is 2.42. The highest BCUT2D eigenvalue weighted by Gasteiger charge is 2.42. The van der Waals surface area contributed by atoms with Gasteiger partial charge in [-0.25, -0.2) is 0 Å². The van der Waals surface area contributed by atoms with Crippen molar-refractivity contribution >= 4 is 5.91 Å². The van der Waals surface area contributed by atoms with Crippen LogP contribution in [-0.2, 0) is 4.79 Å². The lowest BCUT2D eigenvalue weighted by molar-refractivity contribution is -0.134. The van der Waals surface area contributed by atoms with E-state index in [0.29, 0.717) is 18.1 Å². The lowest BCUT2D eigenvalue weighted by atomic mass is 9.91. The standard InChI is InChI=1S/C11H20N2O/c1-3-9-11(14)13(8-6-5-7-8)10(4-2)12-9/h8-10,12H,3-7H2,1-2H3. The van der Waals surface area contributed by atoms with Crippen LogP contribution in [0, 0.1) is 0 Å². The zero-order chi connectivity index (χ0) is 10.1. The summed E-state index contributed by atoms with van der Waals surface area (Å²) in [7, 11) is 0. The normalized spacial score (nSPS) is 33.6. The van der Waals surface area contributed by atoms with E-state index in [9.17, 15) is 4.79 Å². The molecule has 0 aromatic carbocycles. The maximum Gasteiger partial charge on any atom is 0.241 e. The van der Waals surface area contributed by atoms with E-state index in [4.69, 9.17) is 0 Å². The van der Waals surface area contributed by atoms with Gasteiger partial charge >= 0.3 is 0 Å². The first-order valence-electron chi connectivity index (χ1n) is 5.86. The van der Waals surface area contributed by atoms with E-state index in [-0.39, 0.29) is 6.04 Å². The van der Waals surface area contributed by atoms with Crippen LogP contribution < -0.4 is 5.32 Å². The van der Waals surface area contributed by atoms with Gasteiger partial charge in [-0.3, -0.25) is 10.1 Å². The minimum Gasteiger partial charge on any atom is -0.323 e. The fourth-order valence-corrected chi connectivity index (χ4v) is 2.42. The second-order valence-electron chi connectivity index (χ2n) is 4.38. The Kier molecular flexibility index (Phi) is 2.77. The zero-order valence-electron chi connectivity index (χ0n) is 9.12. The Bertz CT molecular complexity index is 225. The van der Waals surface area contributed by atoms with E-state index in [0.717, 1.165) is 12.8 Å². The van der Waals surface area contributed by atoms with Gasteiger partial charge in [-0.2, -0.15) is 0 Å². The maximum atomic E-state index is 12.0. The highest BCUT2D eigenvalue weighted by Crippen LogP contribution is 2.30. The van der Waals surface area contributed by atoms with E-state index in [1.807, 2.05) is 0 Å². The monoisotopic (exact) mass is 196 g/mol. The van der Waals surface area contributed by atoms with E-state index in [1.54, 1.807) is 0 Å². The number of hydrogen-bond donors (Lipinski definition) is 1. The van der Waals surface area contributed by atoms with Crippen molar-refractivity contribution in [1.82, 2.24) is 10.2 Å². The minimum absolute atomic E-state index is 0.0838. The van der Waals surface area contributed by atoms with E-state index >= 15 is 0 Å². The molecule has 1 aliphatic heterocycles. The van der Waals surface area contributed by atoms with Crippen molar-refractivity contribution in [3.63, 3.8) is 0 Å². The van der Waals surface area contributed by atoms with E-state index in [2.05, 4.69) is 24.1 Å². The Hall–Kier alpha value is -0.570. The summed E-state index contributed by atoms with van der Waals surface area (Å²) in [5, 5.41) is 3.42. The molecule has 14 heavy (non-hydrogen) atoms. The molecular weight excluding hydrogens is 176 g/mol. The fraction of sp³-hybridized carbons (Fsp3) is 0.909. The molecule has 2 aliphatic rings. The van der Waals surface area contributed by atoms with Gasteiger partial charge in [0.25, 0.3) is 0 Å². The molecule has 3 heteroatoms. The molecule has 1 saturated carbocycles. The topological polar surface area (TPSA) is 32.3 Å². The summed E-state index contributed by atoms with van der Waals surface area (Å²) in [6.07, 6.45) is 5.96. The third-order valence-electron chi connectivity index (χ3n) is 3.54. The molecule has 1 saturated heterocycles. The van der Waals surface area contributed by atoms with Gasteiger partial charge in [0.15, 0.2) is 0 Å². The van der Waals surface area contributed by atoms with Crippen LogP contribution in [-0.4, -0.2) is 29.1 Å². The first-order valence-corrected chi connectivity index (χ1v) is 5.86. The molecule has 0 bridgehead atoms. The van der Waals surface area contributed by atoms with Gasteiger partial charge in [0, 0.05) is 6.04 Å². The van der Waals surface area contributed by atoms with Crippen molar-refractivity contribution < 1.29 is 4.79 Å².